The Bertz CT molecular complexity index is 889. The summed E-state index contributed by atoms with van der Waals surface area (Å²) in [4.78, 5) is 16.0. The van der Waals surface area contributed by atoms with E-state index in [4.69, 9.17) is 14.7 Å². The predicted molar refractivity (Wildman–Crippen MR) is 107 cm³/mol. The zero-order valence-electron chi connectivity index (χ0n) is 16.6. The number of aromatic nitrogens is 3. The molecule has 1 aliphatic carbocycles. The molecule has 4 heterocycles. The van der Waals surface area contributed by atoms with Gasteiger partial charge < -0.3 is 19.7 Å². The SMILES string of the molecule is FC(F)Oc1cncc(-c2cc(N3CCCC3C3CNCCO3)nc(C3CC3)n2)c1. The molecule has 2 aromatic heterocycles. The molecule has 30 heavy (non-hydrogen) atoms. The van der Waals surface area contributed by atoms with Gasteiger partial charge in [-0.15, -0.1) is 0 Å². The van der Waals surface area contributed by atoms with Crippen LogP contribution < -0.4 is 15.0 Å². The Morgan fingerprint density at radius 1 is 1.17 bits per heavy atom. The van der Waals surface area contributed by atoms with Crippen LogP contribution in [0.3, 0.4) is 0 Å². The van der Waals surface area contributed by atoms with E-state index in [-0.39, 0.29) is 17.9 Å². The molecule has 0 amide bonds. The number of hydrogen-bond acceptors (Lipinski definition) is 7. The highest BCUT2D eigenvalue weighted by molar-refractivity contribution is 5.64. The summed E-state index contributed by atoms with van der Waals surface area (Å²) in [5.74, 6) is 2.08. The van der Waals surface area contributed by atoms with Crippen molar-refractivity contribution < 1.29 is 18.3 Å². The van der Waals surface area contributed by atoms with E-state index in [1.54, 1.807) is 12.3 Å². The van der Waals surface area contributed by atoms with Crippen molar-refractivity contribution in [3.05, 3.63) is 30.4 Å². The summed E-state index contributed by atoms with van der Waals surface area (Å²) in [5.41, 5.74) is 1.33. The van der Waals surface area contributed by atoms with Gasteiger partial charge >= 0.3 is 6.61 Å². The zero-order valence-corrected chi connectivity index (χ0v) is 16.6. The highest BCUT2D eigenvalue weighted by Crippen LogP contribution is 2.40. The van der Waals surface area contributed by atoms with Crippen LogP contribution in [0.2, 0.25) is 0 Å². The van der Waals surface area contributed by atoms with E-state index in [2.05, 4.69) is 19.9 Å². The molecule has 160 valence electrons. The first kappa shape index (κ1) is 19.6. The van der Waals surface area contributed by atoms with Gasteiger partial charge in [0.1, 0.15) is 17.4 Å². The fourth-order valence-electron chi connectivity index (χ4n) is 4.29. The Morgan fingerprint density at radius 3 is 2.83 bits per heavy atom. The molecule has 0 bridgehead atoms. The fourth-order valence-corrected chi connectivity index (χ4v) is 4.29. The lowest BCUT2D eigenvalue weighted by Gasteiger charge is -2.35. The molecule has 1 saturated carbocycles. The van der Waals surface area contributed by atoms with Crippen molar-refractivity contribution in [1.29, 1.82) is 0 Å². The lowest BCUT2D eigenvalue weighted by atomic mass is 10.1. The molecule has 2 aromatic rings. The van der Waals surface area contributed by atoms with Gasteiger partial charge in [-0.2, -0.15) is 8.78 Å². The van der Waals surface area contributed by atoms with Crippen LogP contribution >= 0.6 is 0 Å². The van der Waals surface area contributed by atoms with Crippen LogP contribution in [0.1, 0.15) is 37.4 Å². The van der Waals surface area contributed by atoms with E-state index in [1.165, 1.54) is 6.20 Å². The van der Waals surface area contributed by atoms with Gasteiger partial charge in [0, 0.05) is 43.4 Å². The minimum absolute atomic E-state index is 0.0244. The Kier molecular flexibility index (Phi) is 5.47. The number of halogens is 2. The second-order valence-corrected chi connectivity index (χ2v) is 8.05. The molecule has 7 nitrogen and oxygen atoms in total. The molecule has 3 aliphatic rings. The van der Waals surface area contributed by atoms with Crippen LogP contribution in [-0.2, 0) is 4.74 Å². The molecule has 2 aliphatic heterocycles. The maximum atomic E-state index is 12.6. The third-order valence-electron chi connectivity index (χ3n) is 5.89. The van der Waals surface area contributed by atoms with Gasteiger partial charge in [0.15, 0.2) is 0 Å². The number of ether oxygens (including phenoxy) is 2. The average Bonchev–Trinajstić information content (AvgIpc) is 3.50. The van der Waals surface area contributed by atoms with Gasteiger partial charge in [0.05, 0.1) is 30.6 Å². The normalized spacial score (nSPS) is 24.4. The topological polar surface area (TPSA) is 72.4 Å². The van der Waals surface area contributed by atoms with Gasteiger partial charge in [-0.25, -0.2) is 9.97 Å². The lowest BCUT2D eigenvalue weighted by molar-refractivity contribution is -0.0500. The Morgan fingerprint density at radius 2 is 2.07 bits per heavy atom. The summed E-state index contributed by atoms with van der Waals surface area (Å²) in [5, 5.41) is 3.41. The second-order valence-electron chi connectivity index (χ2n) is 8.05. The molecule has 9 heteroatoms. The van der Waals surface area contributed by atoms with E-state index < -0.39 is 6.61 Å². The number of hydrogen-bond donors (Lipinski definition) is 1. The van der Waals surface area contributed by atoms with Crippen molar-refractivity contribution >= 4 is 5.82 Å². The highest BCUT2D eigenvalue weighted by Gasteiger charge is 2.35. The second kappa shape index (κ2) is 8.39. The monoisotopic (exact) mass is 417 g/mol. The van der Waals surface area contributed by atoms with E-state index in [1.807, 2.05) is 6.07 Å². The smallest absolute Gasteiger partial charge is 0.387 e. The third kappa shape index (κ3) is 4.22. The van der Waals surface area contributed by atoms with E-state index in [0.29, 0.717) is 17.2 Å². The van der Waals surface area contributed by atoms with Crippen LogP contribution in [0.5, 0.6) is 5.75 Å². The molecule has 0 radical (unpaired) electrons. The number of pyridine rings is 1. The van der Waals surface area contributed by atoms with Crippen molar-refractivity contribution in [1.82, 2.24) is 20.3 Å². The van der Waals surface area contributed by atoms with Crippen molar-refractivity contribution in [3.8, 4) is 17.0 Å². The number of anilines is 1. The van der Waals surface area contributed by atoms with Crippen molar-refractivity contribution in [2.75, 3.05) is 31.1 Å². The van der Waals surface area contributed by atoms with Crippen LogP contribution in [-0.4, -0.2) is 60.0 Å². The third-order valence-corrected chi connectivity index (χ3v) is 5.89. The van der Waals surface area contributed by atoms with E-state index in [0.717, 1.165) is 63.6 Å². The Labute approximate surface area is 173 Å². The van der Waals surface area contributed by atoms with Crippen molar-refractivity contribution in [2.45, 2.75) is 50.4 Å². The molecule has 0 aromatic carbocycles. The van der Waals surface area contributed by atoms with Crippen LogP contribution in [0.15, 0.2) is 24.5 Å². The fraction of sp³-hybridized carbons (Fsp3) is 0.571. The number of rotatable bonds is 6. The molecule has 2 saturated heterocycles. The van der Waals surface area contributed by atoms with Crippen LogP contribution in [0.25, 0.3) is 11.3 Å². The summed E-state index contributed by atoms with van der Waals surface area (Å²) in [6, 6.07) is 3.75. The average molecular weight is 417 g/mol. The maximum absolute atomic E-state index is 12.6. The summed E-state index contributed by atoms with van der Waals surface area (Å²) in [6.45, 7) is 0.472. The van der Waals surface area contributed by atoms with Crippen molar-refractivity contribution in [2.24, 2.45) is 0 Å². The number of nitrogens with zero attached hydrogens (tertiary/aromatic N) is 4. The number of morpholine rings is 1. The number of alkyl halides is 2. The summed E-state index contributed by atoms with van der Waals surface area (Å²) in [7, 11) is 0. The largest absolute Gasteiger partial charge is 0.433 e. The Balaban J connectivity index is 1.48. The lowest BCUT2D eigenvalue weighted by Crippen LogP contribution is -2.50. The molecule has 1 N–H and O–H groups in total. The highest BCUT2D eigenvalue weighted by atomic mass is 19.3. The van der Waals surface area contributed by atoms with Gasteiger partial charge in [-0.1, -0.05) is 0 Å². The molecule has 0 spiro atoms. The summed E-state index contributed by atoms with van der Waals surface area (Å²) in [6.07, 6.45) is 7.34. The van der Waals surface area contributed by atoms with Gasteiger partial charge in [0.2, 0.25) is 0 Å². The van der Waals surface area contributed by atoms with Crippen LogP contribution in [0.4, 0.5) is 14.6 Å². The quantitative estimate of drug-likeness (QED) is 0.775. The molecular weight excluding hydrogens is 392 g/mol. The van der Waals surface area contributed by atoms with E-state index in [9.17, 15) is 8.78 Å². The Hall–Kier alpha value is -2.39. The first-order valence-electron chi connectivity index (χ1n) is 10.6. The minimum Gasteiger partial charge on any atom is -0.433 e. The molecular formula is C21H25F2N5O2. The maximum Gasteiger partial charge on any atom is 0.387 e. The molecule has 2 atom stereocenters. The van der Waals surface area contributed by atoms with E-state index >= 15 is 0 Å². The number of nitrogens with one attached hydrogen (secondary N) is 1. The van der Waals surface area contributed by atoms with Crippen molar-refractivity contribution in [3.63, 3.8) is 0 Å². The summed E-state index contributed by atoms with van der Waals surface area (Å²) >= 11 is 0. The minimum atomic E-state index is -2.89. The zero-order chi connectivity index (χ0) is 20.5. The standard InChI is InChI=1S/C21H25F2N5O2/c22-21(23)30-15-8-14(10-25-11-15)16-9-19(27-20(26-16)13-3-4-13)28-6-1-2-17(28)18-12-24-5-7-29-18/h8-11,13,17-18,21,24H,1-7,12H2. The first-order valence-corrected chi connectivity index (χ1v) is 10.6. The van der Waals surface area contributed by atoms with Gasteiger partial charge in [-0.05, 0) is 31.7 Å². The molecule has 5 rings (SSSR count). The molecule has 2 unspecified atom stereocenters. The first-order chi connectivity index (χ1) is 14.7. The van der Waals surface area contributed by atoms with Crippen LogP contribution in [0, 0.1) is 0 Å². The predicted octanol–water partition coefficient (Wildman–Crippen LogP) is 2.97. The molecule has 3 fully saturated rings. The van der Waals surface area contributed by atoms with Gasteiger partial charge in [-0.3, -0.25) is 4.98 Å². The van der Waals surface area contributed by atoms with Gasteiger partial charge in [0.25, 0.3) is 0 Å². The summed E-state index contributed by atoms with van der Waals surface area (Å²) < 4.78 is 35.8.